The predicted molar refractivity (Wildman–Crippen MR) is 46.3 cm³/mol. The summed E-state index contributed by atoms with van der Waals surface area (Å²) in [6, 6.07) is -0.985. The lowest BCUT2D eigenvalue weighted by Crippen LogP contribution is -2.52. The van der Waals surface area contributed by atoms with Crippen molar-refractivity contribution in [3.63, 3.8) is 0 Å². The van der Waals surface area contributed by atoms with Crippen molar-refractivity contribution in [3.05, 3.63) is 0 Å². The minimum atomic E-state index is -1.27. The number of piperidine rings is 1. The van der Waals surface area contributed by atoms with Gasteiger partial charge in [-0.15, -0.1) is 0 Å². The molecule has 0 unspecified atom stereocenters. The van der Waals surface area contributed by atoms with E-state index in [0.717, 1.165) is 0 Å². The molecule has 84 valence electrons. The zero-order valence-electron chi connectivity index (χ0n) is 7.71. The summed E-state index contributed by atoms with van der Waals surface area (Å²) < 4.78 is 0. The van der Waals surface area contributed by atoms with Crippen molar-refractivity contribution in [3.8, 4) is 0 Å². The number of carboxylic acid groups (broad SMARTS) is 3. The Morgan fingerprint density at radius 2 is 1.47 bits per heavy atom. The van der Waals surface area contributed by atoms with Gasteiger partial charge in [-0.05, 0) is 6.42 Å². The van der Waals surface area contributed by atoms with Crippen LogP contribution in [0.2, 0.25) is 0 Å². The summed E-state index contributed by atoms with van der Waals surface area (Å²) in [5.74, 6) is -5.87. The lowest BCUT2D eigenvalue weighted by Gasteiger charge is -2.30. The second kappa shape index (κ2) is 4.26. The molecule has 0 amide bonds. The molecule has 0 spiro atoms. The fourth-order valence-electron chi connectivity index (χ4n) is 1.63. The maximum atomic E-state index is 10.8. The molecule has 0 aromatic carbocycles. The standard InChI is InChI=1S/C8H11NO6/c10-6(11)3-1-5(8(14)15)9-2-4(3)7(12)13/h3-5,9H,1-2H2,(H,10,11)(H,12,13)(H,14,15)/t3-,4-,5-/m1/s1. The van der Waals surface area contributed by atoms with Crippen LogP contribution in [0.4, 0.5) is 0 Å². The van der Waals surface area contributed by atoms with Crippen molar-refractivity contribution >= 4 is 17.9 Å². The monoisotopic (exact) mass is 217 g/mol. The average molecular weight is 217 g/mol. The Morgan fingerprint density at radius 1 is 0.933 bits per heavy atom. The van der Waals surface area contributed by atoms with Gasteiger partial charge in [0.25, 0.3) is 0 Å². The molecule has 1 aliphatic rings. The normalized spacial score (nSPS) is 30.8. The maximum Gasteiger partial charge on any atom is 0.320 e. The Bertz CT molecular complexity index is 302. The van der Waals surface area contributed by atoms with Crippen molar-refractivity contribution in [2.75, 3.05) is 6.54 Å². The SMILES string of the molecule is O=C(O)[C@H]1C[C@@H](C(=O)O)[C@H](C(=O)O)CN1. The Labute approximate surface area is 84.7 Å². The number of hydrogen-bond donors (Lipinski definition) is 4. The zero-order chi connectivity index (χ0) is 11.6. The van der Waals surface area contributed by atoms with E-state index in [1.54, 1.807) is 0 Å². The predicted octanol–water partition coefficient (Wildman–Crippen LogP) is -1.17. The summed E-state index contributed by atoms with van der Waals surface area (Å²) in [6.07, 6.45) is -0.207. The summed E-state index contributed by atoms with van der Waals surface area (Å²) in [5.41, 5.74) is 0. The van der Waals surface area contributed by atoms with Crippen LogP contribution in [0.25, 0.3) is 0 Å². The number of nitrogens with one attached hydrogen (secondary N) is 1. The highest BCUT2D eigenvalue weighted by Crippen LogP contribution is 2.23. The molecule has 0 bridgehead atoms. The first kappa shape index (κ1) is 11.4. The molecular formula is C8H11NO6. The molecule has 0 radical (unpaired) electrons. The zero-order valence-corrected chi connectivity index (χ0v) is 7.71. The maximum absolute atomic E-state index is 10.8. The van der Waals surface area contributed by atoms with Crippen molar-refractivity contribution in [1.82, 2.24) is 5.32 Å². The van der Waals surface area contributed by atoms with E-state index in [1.165, 1.54) is 0 Å². The molecule has 3 atom stereocenters. The van der Waals surface area contributed by atoms with Crippen LogP contribution in [0, 0.1) is 11.8 Å². The lowest BCUT2D eigenvalue weighted by molar-refractivity contribution is -0.157. The van der Waals surface area contributed by atoms with E-state index in [1.807, 2.05) is 0 Å². The van der Waals surface area contributed by atoms with Crippen LogP contribution in [0.1, 0.15) is 6.42 Å². The van der Waals surface area contributed by atoms with E-state index >= 15 is 0 Å². The second-order valence-corrected chi connectivity index (χ2v) is 3.42. The Balaban J connectivity index is 2.78. The van der Waals surface area contributed by atoms with Gasteiger partial charge in [-0.1, -0.05) is 0 Å². The van der Waals surface area contributed by atoms with E-state index in [2.05, 4.69) is 5.32 Å². The van der Waals surface area contributed by atoms with Crippen LogP contribution < -0.4 is 5.32 Å². The molecule has 1 heterocycles. The smallest absolute Gasteiger partial charge is 0.320 e. The van der Waals surface area contributed by atoms with Gasteiger partial charge in [0.2, 0.25) is 0 Å². The summed E-state index contributed by atoms with van der Waals surface area (Å²) in [5, 5.41) is 28.7. The lowest BCUT2D eigenvalue weighted by atomic mass is 9.83. The van der Waals surface area contributed by atoms with Crippen LogP contribution in [0.3, 0.4) is 0 Å². The van der Waals surface area contributed by atoms with E-state index in [-0.39, 0.29) is 13.0 Å². The van der Waals surface area contributed by atoms with Gasteiger partial charge in [0.15, 0.2) is 0 Å². The highest BCUT2D eigenvalue weighted by atomic mass is 16.4. The topological polar surface area (TPSA) is 124 Å². The summed E-state index contributed by atoms with van der Waals surface area (Å²) in [4.78, 5) is 32.0. The van der Waals surface area contributed by atoms with Gasteiger partial charge in [-0.25, -0.2) is 0 Å². The van der Waals surface area contributed by atoms with Gasteiger partial charge in [0.05, 0.1) is 11.8 Å². The first-order chi connectivity index (χ1) is 6.93. The first-order valence-corrected chi connectivity index (χ1v) is 4.35. The summed E-state index contributed by atoms with van der Waals surface area (Å²) >= 11 is 0. The van der Waals surface area contributed by atoms with E-state index in [4.69, 9.17) is 15.3 Å². The Morgan fingerprint density at radius 3 is 1.87 bits per heavy atom. The number of carbonyl (C=O) groups is 3. The summed E-state index contributed by atoms with van der Waals surface area (Å²) in [6.45, 7) is -0.136. The summed E-state index contributed by atoms with van der Waals surface area (Å²) in [7, 11) is 0. The molecule has 1 fully saturated rings. The highest BCUT2D eigenvalue weighted by molar-refractivity contribution is 5.82. The van der Waals surface area contributed by atoms with E-state index in [0.29, 0.717) is 0 Å². The third-order valence-corrected chi connectivity index (χ3v) is 2.49. The number of carboxylic acids is 3. The van der Waals surface area contributed by atoms with Gasteiger partial charge in [-0.3, -0.25) is 14.4 Å². The molecule has 0 aromatic heterocycles. The molecule has 0 aliphatic carbocycles. The van der Waals surface area contributed by atoms with Crippen molar-refractivity contribution in [2.24, 2.45) is 11.8 Å². The second-order valence-electron chi connectivity index (χ2n) is 3.42. The Hall–Kier alpha value is -1.63. The average Bonchev–Trinajstić information content (AvgIpc) is 2.16. The first-order valence-electron chi connectivity index (χ1n) is 4.35. The van der Waals surface area contributed by atoms with Crippen LogP contribution in [-0.4, -0.2) is 45.8 Å². The molecule has 0 aromatic rings. The van der Waals surface area contributed by atoms with Crippen LogP contribution >= 0.6 is 0 Å². The molecule has 7 nitrogen and oxygen atoms in total. The largest absolute Gasteiger partial charge is 0.481 e. The van der Waals surface area contributed by atoms with Crippen LogP contribution in [-0.2, 0) is 14.4 Å². The van der Waals surface area contributed by atoms with Crippen molar-refractivity contribution in [2.45, 2.75) is 12.5 Å². The van der Waals surface area contributed by atoms with Gasteiger partial charge in [0, 0.05) is 6.54 Å². The quantitative estimate of drug-likeness (QED) is 0.469. The van der Waals surface area contributed by atoms with Gasteiger partial charge < -0.3 is 20.6 Å². The molecule has 1 saturated heterocycles. The number of hydrogen-bond acceptors (Lipinski definition) is 4. The highest BCUT2D eigenvalue weighted by Gasteiger charge is 2.41. The minimum absolute atomic E-state index is 0.136. The molecule has 7 heteroatoms. The third-order valence-electron chi connectivity index (χ3n) is 2.49. The van der Waals surface area contributed by atoms with E-state index < -0.39 is 35.8 Å². The molecule has 0 saturated carbocycles. The van der Waals surface area contributed by atoms with Crippen molar-refractivity contribution in [1.29, 1.82) is 0 Å². The number of rotatable bonds is 3. The minimum Gasteiger partial charge on any atom is -0.481 e. The molecule has 4 N–H and O–H groups in total. The van der Waals surface area contributed by atoms with E-state index in [9.17, 15) is 14.4 Å². The Kier molecular flexibility index (Phi) is 3.25. The molecule has 1 rings (SSSR count). The number of aliphatic carboxylic acids is 3. The fourth-order valence-corrected chi connectivity index (χ4v) is 1.63. The van der Waals surface area contributed by atoms with Crippen LogP contribution in [0.5, 0.6) is 0 Å². The van der Waals surface area contributed by atoms with Gasteiger partial charge in [0.1, 0.15) is 6.04 Å². The third kappa shape index (κ3) is 2.44. The van der Waals surface area contributed by atoms with Gasteiger partial charge in [-0.2, -0.15) is 0 Å². The molecule has 1 aliphatic heterocycles. The van der Waals surface area contributed by atoms with Crippen LogP contribution in [0.15, 0.2) is 0 Å². The van der Waals surface area contributed by atoms with Gasteiger partial charge >= 0.3 is 17.9 Å². The fraction of sp³-hybridized carbons (Fsp3) is 0.625. The molecule has 15 heavy (non-hydrogen) atoms. The molecular weight excluding hydrogens is 206 g/mol. The van der Waals surface area contributed by atoms with Crippen molar-refractivity contribution < 1.29 is 29.7 Å².